The maximum atomic E-state index is 11.2. The Morgan fingerprint density at radius 1 is 1.41 bits per heavy atom. The normalized spacial score (nSPS) is 10.0. The Hall–Kier alpha value is -2.56. The molecule has 0 aliphatic carbocycles. The van der Waals surface area contributed by atoms with E-state index in [0.717, 1.165) is 6.20 Å². The maximum Gasteiger partial charge on any atom is 0.325 e. The van der Waals surface area contributed by atoms with Crippen molar-refractivity contribution in [3.8, 4) is 6.07 Å². The van der Waals surface area contributed by atoms with Crippen molar-refractivity contribution in [1.29, 1.82) is 5.26 Å². The Labute approximate surface area is 96.9 Å². The molecule has 8 nitrogen and oxygen atoms in total. The van der Waals surface area contributed by atoms with Crippen LogP contribution in [0.5, 0.6) is 0 Å². The van der Waals surface area contributed by atoms with Gasteiger partial charge in [0.15, 0.2) is 0 Å². The zero-order chi connectivity index (χ0) is 13.3. The molecule has 1 amide bonds. The van der Waals surface area contributed by atoms with Gasteiger partial charge in [0, 0.05) is 6.20 Å². The molecule has 0 bridgehead atoms. The first kappa shape index (κ1) is 14.4. The molecule has 92 valence electrons. The SMILES string of the molecule is COC(=O)CN/C=C(/C#N)C(=O)NCC(=O)O. The number of carboxylic acid groups (broad SMARTS) is 1. The summed E-state index contributed by atoms with van der Waals surface area (Å²) in [6, 6.07) is 1.56. The van der Waals surface area contributed by atoms with Gasteiger partial charge < -0.3 is 20.5 Å². The van der Waals surface area contributed by atoms with Gasteiger partial charge in [-0.05, 0) is 0 Å². The molecule has 0 saturated heterocycles. The van der Waals surface area contributed by atoms with Gasteiger partial charge in [0.05, 0.1) is 7.11 Å². The van der Waals surface area contributed by atoms with Crippen LogP contribution in [0.4, 0.5) is 0 Å². The molecule has 0 saturated carbocycles. The molecule has 0 atom stereocenters. The van der Waals surface area contributed by atoms with Gasteiger partial charge in [0.25, 0.3) is 5.91 Å². The Morgan fingerprint density at radius 3 is 2.53 bits per heavy atom. The molecule has 0 unspecified atom stereocenters. The number of nitrogens with one attached hydrogen (secondary N) is 2. The lowest BCUT2D eigenvalue weighted by Gasteiger charge is -2.02. The first-order chi connectivity index (χ1) is 8.01. The summed E-state index contributed by atoms with van der Waals surface area (Å²) in [6.07, 6.45) is 1.01. The minimum absolute atomic E-state index is 0.201. The highest BCUT2D eigenvalue weighted by Gasteiger charge is 2.09. The van der Waals surface area contributed by atoms with E-state index >= 15 is 0 Å². The van der Waals surface area contributed by atoms with Crippen LogP contribution in [0.15, 0.2) is 11.8 Å². The molecule has 0 aliphatic heterocycles. The van der Waals surface area contributed by atoms with Crippen LogP contribution in [-0.2, 0) is 19.1 Å². The molecule has 0 fully saturated rings. The smallest absolute Gasteiger partial charge is 0.325 e. The van der Waals surface area contributed by atoms with E-state index in [9.17, 15) is 14.4 Å². The first-order valence-electron chi connectivity index (χ1n) is 4.41. The number of methoxy groups -OCH3 is 1. The van der Waals surface area contributed by atoms with E-state index in [-0.39, 0.29) is 12.1 Å². The van der Waals surface area contributed by atoms with E-state index in [2.05, 4.69) is 10.1 Å². The summed E-state index contributed by atoms with van der Waals surface area (Å²) in [7, 11) is 1.19. The van der Waals surface area contributed by atoms with E-state index in [4.69, 9.17) is 10.4 Å². The van der Waals surface area contributed by atoms with Crippen LogP contribution in [0.3, 0.4) is 0 Å². The Morgan fingerprint density at radius 2 is 2.06 bits per heavy atom. The number of hydrogen-bond acceptors (Lipinski definition) is 6. The Bertz CT molecular complexity index is 383. The molecular formula is C9H11N3O5. The second kappa shape index (κ2) is 7.70. The minimum Gasteiger partial charge on any atom is -0.480 e. The van der Waals surface area contributed by atoms with Gasteiger partial charge in [0.2, 0.25) is 0 Å². The zero-order valence-electron chi connectivity index (χ0n) is 9.02. The number of esters is 1. The Balaban J connectivity index is 4.26. The number of ether oxygens (including phenoxy) is 1. The molecule has 8 heteroatoms. The van der Waals surface area contributed by atoms with Crippen LogP contribution in [0.2, 0.25) is 0 Å². The lowest BCUT2D eigenvalue weighted by atomic mass is 10.3. The van der Waals surface area contributed by atoms with Gasteiger partial charge in [-0.15, -0.1) is 0 Å². The number of nitriles is 1. The van der Waals surface area contributed by atoms with Crippen molar-refractivity contribution < 1.29 is 24.2 Å². The average molecular weight is 241 g/mol. The second-order valence-electron chi connectivity index (χ2n) is 2.70. The van der Waals surface area contributed by atoms with Gasteiger partial charge in [-0.2, -0.15) is 5.26 Å². The maximum absolute atomic E-state index is 11.2. The molecule has 0 aromatic rings. The summed E-state index contributed by atoms with van der Waals surface area (Å²) in [5.41, 5.74) is -0.338. The predicted octanol–water partition coefficient (Wildman–Crippen LogP) is -1.64. The summed E-state index contributed by atoms with van der Waals surface area (Å²) in [6.45, 7) is -0.789. The fourth-order valence-corrected chi connectivity index (χ4v) is 0.708. The summed E-state index contributed by atoms with van der Waals surface area (Å²) in [4.78, 5) is 32.1. The number of hydrogen-bond donors (Lipinski definition) is 3. The molecule has 0 aromatic heterocycles. The van der Waals surface area contributed by atoms with Crippen molar-refractivity contribution >= 4 is 17.8 Å². The second-order valence-corrected chi connectivity index (χ2v) is 2.70. The summed E-state index contributed by atoms with van der Waals surface area (Å²) in [5.74, 6) is -2.63. The summed E-state index contributed by atoms with van der Waals surface area (Å²) >= 11 is 0. The third-order valence-electron chi connectivity index (χ3n) is 1.49. The third-order valence-corrected chi connectivity index (χ3v) is 1.49. The van der Waals surface area contributed by atoms with E-state index in [1.165, 1.54) is 7.11 Å². The molecule has 0 heterocycles. The van der Waals surface area contributed by atoms with Crippen molar-refractivity contribution in [1.82, 2.24) is 10.6 Å². The molecule has 0 radical (unpaired) electrons. The van der Waals surface area contributed by atoms with Crippen LogP contribution < -0.4 is 10.6 Å². The number of nitrogens with zero attached hydrogens (tertiary/aromatic N) is 1. The van der Waals surface area contributed by atoms with Crippen LogP contribution in [-0.4, -0.2) is 43.2 Å². The highest BCUT2D eigenvalue weighted by atomic mass is 16.5. The molecule has 17 heavy (non-hydrogen) atoms. The number of amides is 1. The molecule has 0 aliphatic rings. The fraction of sp³-hybridized carbons (Fsp3) is 0.333. The molecule has 0 aromatic carbocycles. The largest absolute Gasteiger partial charge is 0.480 e. The van der Waals surface area contributed by atoms with Crippen molar-refractivity contribution in [2.75, 3.05) is 20.2 Å². The van der Waals surface area contributed by atoms with E-state index in [1.807, 2.05) is 5.32 Å². The number of carboxylic acids is 1. The van der Waals surface area contributed by atoms with E-state index < -0.39 is 24.4 Å². The molecule has 3 N–H and O–H groups in total. The van der Waals surface area contributed by atoms with E-state index in [1.54, 1.807) is 6.07 Å². The number of aliphatic carboxylic acids is 1. The average Bonchev–Trinajstić information content (AvgIpc) is 2.31. The van der Waals surface area contributed by atoms with Gasteiger partial charge in [-0.25, -0.2) is 0 Å². The van der Waals surface area contributed by atoms with Gasteiger partial charge >= 0.3 is 11.9 Å². The topological polar surface area (TPSA) is 129 Å². The highest BCUT2D eigenvalue weighted by molar-refractivity contribution is 5.98. The standard InChI is InChI=1S/C9H11N3O5/c1-17-8(15)5-11-3-6(2-10)9(16)12-4-7(13)14/h3,11H,4-5H2,1H3,(H,12,16)(H,13,14)/b6-3-. The quantitative estimate of drug-likeness (QED) is 0.289. The molecule has 0 spiro atoms. The number of rotatable bonds is 6. The summed E-state index contributed by atoms with van der Waals surface area (Å²) < 4.78 is 4.31. The van der Waals surface area contributed by atoms with E-state index in [0.29, 0.717) is 0 Å². The lowest BCUT2D eigenvalue weighted by Crippen LogP contribution is -2.31. The van der Waals surface area contributed by atoms with Crippen LogP contribution in [0.1, 0.15) is 0 Å². The van der Waals surface area contributed by atoms with Crippen LogP contribution >= 0.6 is 0 Å². The third kappa shape index (κ3) is 6.51. The van der Waals surface area contributed by atoms with Crippen LogP contribution in [0, 0.1) is 11.3 Å². The first-order valence-corrected chi connectivity index (χ1v) is 4.41. The van der Waals surface area contributed by atoms with Gasteiger partial charge in [-0.1, -0.05) is 0 Å². The predicted molar refractivity (Wildman–Crippen MR) is 54.4 cm³/mol. The summed E-state index contributed by atoms with van der Waals surface area (Å²) in [5, 5.41) is 21.3. The van der Waals surface area contributed by atoms with Crippen LogP contribution in [0.25, 0.3) is 0 Å². The fourth-order valence-electron chi connectivity index (χ4n) is 0.708. The van der Waals surface area contributed by atoms with Gasteiger partial charge in [0.1, 0.15) is 24.7 Å². The molecular weight excluding hydrogens is 230 g/mol. The van der Waals surface area contributed by atoms with Crippen molar-refractivity contribution in [2.45, 2.75) is 0 Å². The van der Waals surface area contributed by atoms with Crippen molar-refractivity contribution in [3.63, 3.8) is 0 Å². The minimum atomic E-state index is -1.22. The van der Waals surface area contributed by atoms with Crippen molar-refractivity contribution in [2.24, 2.45) is 0 Å². The highest BCUT2D eigenvalue weighted by Crippen LogP contribution is 1.89. The molecule has 0 rings (SSSR count). The van der Waals surface area contributed by atoms with Crippen molar-refractivity contribution in [3.05, 3.63) is 11.8 Å². The number of carbonyl (C=O) groups excluding carboxylic acids is 2. The monoisotopic (exact) mass is 241 g/mol. The van der Waals surface area contributed by atoms with Gasteiger partial charge in [-0.3, -0.25) is 14.4 Å². The number of carbonyl (C=O) groups is 3. The zero-order valence-corrected chi connectivity index (χ0v) is 9.02. The lowest BCUT2D eigenvalue weighted by molar-refractivity contribution is -0.139. The Kier molecular flexibility index (Phi) is 6.54.